The SMILES string of the molecule is CC/C(=C(\c1ccccc1)c1ccc(OCCN(C)C)cc1)c1ccccc1.C[C@]12CC[C@H](O)C[C@H]1CC[C@@H]1[C@@H]2CC[C@]2(C)[C@@H](c3ccc(=O)oc3)C[C@H]3O[C@]132. The molecule has 3 aromatic carbocycles. The van der Waals surface area contributed by atoms with Gasteiger partial charge >= 0.3 is 5.63 Å². The Bertz CT molecular complexity index is 2020. The van der Waals surface area contributed by atoms with Gasteiger partial charge in [-0.15, -0.1) is 0 Å². The van der Waals surface area contributed by atoms with Crippen LogP contribution >= 0.6 is 0 Å². The summed E-state index contributed by atoms with van der Waals surface area (Å²) in [6.45, 7) is 8.80. The average Bonchev–Trinajstić information content (AvgIpc) is 3.87. The third-order valence-corrected chi connectivity index (χ3v) is 15.0. The highest BCUT2D eigenvalue weighted by molar-refractivity contribution is 5.98. The zero-order chi connectivity index (χ0) is 39.1. The van der Waals surface area contributed by atoms with Gasteiger partial charge in [0.05, 0.1) is 18.5 Å². The molecule has 6 nitrogen and oxygen atoms in total. The first-order valence-electron chi connectivity index (χ1n) is 21.2. The van der Waals surface area contributed by atoms with Gasteiger partial charge in [0.15, 0.2) is 0 Å². The monoisotopic (exact) mass is 755 g/mol. The third-order valence-electron chi connectivity index (χ3n) is 15.0. The van der Waals surface area contributed by atoms with Gasteiger partial charge in [-0.2, -0.15) is 0 Å². The predicted molar refractivity (Wildman–Crippen MR) is 225 cm³/mol. The fourth-order valence-electron chi connectivity index (χ4n) is 12.1. The molecule has 0 unspecified atom stereocenters. The van der Waals surface area contributed by atoms with Crippen molar-refractivity contribution in [2.75, 3.05) is 27.2 Å². The van der Waals surface area contributed by atoms with Crippen molar-refractivity contribution < 1.29 is 19.0 Å². The molecular weight excluding hydrogens is 695 g/mol. The Morgan fingerprint density at radius 1 is 0.804 bits per heavy atom. The summed E-state index contributed by atoms with van der Waals surface area (Å²) in [5.74, 6) is 3.39. The first-order valence-corrected chi connectivity index (χ1v) is 21.2. The minimum atomic E-state index is -0.266. The normalized spacial score (nSPS) is 33.1. The van der Waals surface area contributed by atoms with Crippen molar-refractivity contribution in [2.24, 2.45) is 28.6 Å². The van der Waals surface area contributed by atoms with E-state index in [0.29, 0.717) is 35.9 Å². The summed E-state index contributed by atoms with van der Waals surface area (Å²) in [5, 5.41) is 10.2. The highest BCUT2D eigenvalue weighted by Crippen LogP contribution is 2.78. The minimum Gasteiger partial charge on any atom is -0.492 e. The fourth-order valence-corrected chi connectivity index (χ4v) is 12.1. The number of nitrogens with zero attached hydrogens (tertiary/aromatic N) is 1. The lowest BCUT2D eigenvalue weighted by molar-refractivity contribution is -0.139. The van der Waals surface area contributed by atoms with E-state index in [1.807, 2.05) is 6.07 Å². The van der Waals surface area contributed by atoms with Gasteiger partial charge in [-0.3, -0.25) is 0 Å². The van der Waals surface area contributed by atoms with E-state index in [0.717, 1.165) is 43.9 Å². The van der Waals surface area contributed by atoms with Crippen LogP contribution in [0.4, 0.5) is 0 Å². The first kappa shape index (κ1) is 38.9. The van der Waals surface area contributed by atoms with Gasteiger partial charge in [-0.25, -0.2) is 4.79 Å². The number of rotatable bonds is 9. The molecule has 0 bridgehead atoms. The van der Waals surface area contributed by atoms with Gasteiger partial charge in [0, 0.05) is 18.0 Å². The van der Waals surface area contributed by atoms with Gasteiger partial charge in [0.2, 0.25) is 0 Å². The van der Waals surface area contributed by atoms with Crippen LogP contribution in [0.5, 0.6) is 5.75 Å². The van der Waals surface area contributed by atoms with Gasteiger partial charge in [-0.1, -0.05) is 93.6 Å². The topological polar surface area (TPSA) is 75.4 Å². The lowest BCUT2D eigenvalue weighted by atomic mass is 9.44. The molecule has 296 valence electrons. The highest BCUT2D eigenvalue weighted by atomic mass is 16.6. The maximum absolute atomic E-state index is 11.4. The van der Waals surface area contributed by atoms with Crippen LogP contribution in [0, 0.1) is 28.6 Å². The van der Waals surface area contributed by atoms with Gasteiger partial charge in [0.25, 0.3) is 0 Å². The molecule has 1 N–H and O–H groups in total. The number of epoxide rings is 1. The van der Waals surface area contributed by atoms with Crippen molar-refractivity contribution in [3.05, 3.63) is 136 Å². The maximum atomic E-state index is 11.4. The second kappa shape index (κ2) is 15.8. The molecule has 56 heavy (non-hydrogen) atoms. The molecular formula is C50H61NO5. The highest BCUT2D eigenvalue weighted by Gasteiger charge is 2.80. The van der Waals surface area contributed by atoms with E-state index in [4.69, 9.17) is 13.9 Å². The molecule has 1 aliphatic heterocycles. The van der Waals surface area contributed by atoms with Crippen molar-refractivity contribution in [1.82, 2.24) is 4.90 Å². The number of hydrogen-bond donors (Lipinski definition) is 1. The van der Waals surface area contributed by atoms with Gasteiger partial charge in [0.1, 0.15) is 18.0 Å². The smallest absolute Gasteiger partial charge is 0.335 e. The van der Waals surface area contributed by atoms with E-state index in [-0.39, 0.29) is 22.7 Å². The number of ether oxygens (including phenoxy) is 2. The van der Waals surface area contributed by atoms with Crippen LogP contribution in [0.1, 0.15) is 107 Å². The largest absolute Gasteiger partial charge is 0.492 e. The number of allylic oxidation sites excluding steroid dienone is 1. The number of fused-ring (bicyclic) bond motifs is 3. The number of benzene rings is 3. The van der Waals surface area contributed by atoms with Gasteiger partial charge < -0.3 is 23.9 Å². The number of aliphatic hydroxyl groups excluding tert-OH is 1. The Labute approximate surface area is 333 Å². The number of likely N-dealkylation sites (N-methyl/N-ethyl adjacent to an activating group) is 1. The van der Waals surface area contributed by atoms with E-state index in [1.54, 1.807) is 12.3 Å². The lowest BCUT2D eigenvalue weighted by Crippen LogP contribution is -2.58. The Hall–Kier alpha value is -3.97. The van der Waals surface area contributed by atoms with Crippen LogP contribution in [0.25, 0.3) is 11.1 Å². The number of hydrogen-bond acceptors (Lipinski definition) is 6. The van der Waals surface area contributed by atoms with E-state index < -0.39 is 0 Å². The summed E-state index contributed by atoms with van der Waals surface area (Å²) in [6, 6.07) is 33.4. The molecule has 5 fully saturated rings. The van der Waals surface area contributed by atoms with E-state index >= 15 is 0 Å². The zero-order valence-electron chi connectivity index (χ0n) is 34.1. The lowest BCUT2D eigenvalue weighted by Gasteiger charge is -2.61. The molecule has 4 saturated carbocycles. The van der Waals surface area contributed by atoms with Crippen LogP contribution in [-0.2, 0) is 4.74 Å². The first-order chi connectivity index (χ1) is 27.1. The molecule has 0 radical (unpaired) electrons. The quantitative estimate of drug-likeness (QED) is 0.135. The van der Waals surface area contributed by atoms with Crippen molar-refractivity contribution in [3.63, 3.8) is 0 Å². The van der Waals surface area contributed by atoms with Gasteiger partial charge in [-0.05, 0) is 153 Å². The summed E-state index contributed by atoms with van der Waals surface area (Å²) in [7, 11) is 4.11. The van der Waals surface area contributed by atoms with Crippen LogP contribution in [0.15, 0.2) is 113 Å². The second-order valence-corrected chi connectivity index (χ2v) is 18.1. The van der Waals surface area contributed by atoms with E-state index in [9.17, 15) is 9.90 Å². The van der Waals surface area contributed by atoms with E-state index in [1.165, 1.54) is 65.5 Å². The summed E-state index contributed by atoms with van der Waals surface area (Å²) < 4.78 is 17.7. The summed E-state index contributed by atoms with van der Waals surface area (Å²) in [5.41, 5.74) is 7.81. The van der Waals surface area contributed by atoms with Crippen LogP contribution in [0.2, 0.25) is 0 Å². The van der Waals surface area contributed by atoms with Crippen molar-refractivity contribution >= 4 is 11.1 Å². The molecule has 4 aliphatic carbocycles. The summed E-state index contributed by atoms with van der Waals surface area (Å²) in [4.78, 5) is 13.6. The Balaban J connectivity index is 0.000000157. The van der Waals surface area contributed by atoms with Crippen molar-refractivity contribution in [2.45, 2.75) is 102 Å². The van der Waals surface area contributed by atoms with Crippen LogP contribution in [0.3, 0.4) is 0 Å². The zero-order valence-corrected chi connectivity index (χ0v) is 34.1. The minimum absolute atomic E-state index is 0.0285. The molecule has 6 heteroatoms. The summed E-state index contributed by atoms with van der Waals surface area (Å²) in [6.07, 6.45) is 12.1. The van der Waals surface area contributed by atoms with Crippen molar-refractivity contribution in [1.29, 1.82) is 0 Å². The molecule has 2 heterocycles. The summed E-state index contributed by atoms with van der Waals surface area (Å²) >= 11 is 0. The standard InChI is InChI=1S/C26H29NO.C24H32O4/c1-4-25(21-11-7-5-8-12-21)26(22-13-9-6-10-14-22)23-15-17-24(18-16-23)28-20-19-27(2)3;1-22-9-7-16(25)11-15(22)4-5-18-17(22)8-10-23(2)19(12-20-24(18,23)28-20)14-3-6-21(26)27-13-14/h5-18H,4,19-20H2,1-3H3;3,6,13,15-20,25H,4-5,7-12H2,1-2H3/b26-25-;/t;15-,16+,17+,18-,19-,20-,22+,23-,24-/m.1/s1. The predicted octanol–water partition coefficient (Wildman–Crippen LogP) is 10.3. The number of aliphatic hydroxyl groups is 1. The fraction of sp³-hybridized carbons (Fsp3) is 0.500. The Morgan fingerprint density at radius 2 is 1.50 bits per heavy atom. The van der Waals surface area contributed by atoms with Crippen LogP contribution < -0.4 is 10.4 Å². The van der Waals surface area contributed by atoms with Crippen LogP contribution in [-0.4, -0.2) is 55.1 Å². The molecule has 9 rings (SSSR count). The average molecular weight is 756 g/mol. The third kappa shape index (κ3) is 7.01. The molecule has 0 amide bonds. The maximum Gasteiger partial charge on any atom is 0.335 e. The Kier molecular flexibility index (Phi) is 10.9. The Morgan fingerprint density at radius 3 is 2.16 bits per heavy atom. The molecule has 1 saturated heterocycles. The molecule has 1 aromatic heterocycles. The molecule has 1 spiro atoms. The van der Waals surface area contributed by atoms with Crippen molar-refractivity contribution in [3.8, 4) is 5.75 Å². The molecule has 5 aliphatic rings. The van der Waals surface area contributed by atoms with E-state index in [2.05, 4.69) is 125 Å². The molecule has 9 atom stereocenters. The second-order valence-electron chi connectivity index (χ2n) is 18.1. The molecule has 4 aromatic rings.